The fraction of sp³-hybridized carbons (Fsp3) is 0.0588. The van der Waals surface area contributed by atoms with Crippen LogP contribution >= 0.6 is 15.9 Å². The molecule has 0 heterocycles. The Morgan fingerprint density at radius 2 is 1.05 bits per heavy atom. The van der Waals surface area contributed by atoms with Gasteiger partial charge in [0.1, 0.15) is 0 Å². The predicted octanol–water partition coefficient (Wildman–Crippen LogP) is 8.67. The molecule has 192 valence electrons. The van der Waals surface area contributed by atoms with E-state index in [0.29, 0.717) is 11.1 Å². The first-order chi connectivity index (χ1) is 19.0. The Bertz CT molecular complexity index is 1780. The van der Waals surface area contributed by atoms with Crippen LogP contribution in [0.1, 0.15) is 43.0 Å². The molecule has 0 bridgehead atoms. The number of carbonyl (C=O) groups excluding carboxylic acids is 2. The summed E-state index contributed by atoms with van der Waals surface area (Å²) in [6.07, 6.45) is 8.13. The molecule has 5 aromatic carbocycles. The highest BCUT2D eigenvalue weighted by molar-refractivity contribution is 9.10. The largest absolute Gasteiger partial charge is 0.465 e. The first kappa shape index (κ1) is 26.1. The number of carbonyl (C=O) groups is 2. The Balaban J connectivity index is 1.37. The van der Waals surface area contributed by atoms with E-state index in [0.717, 1.165) is 48.3 Å². The molecule has 39 heavy (non-hydrogen) atoms. The van der Waals surface area contributed by atoms with Gasteiger partial charge >= 0.3 is 11.9 Å². The maximum absolute atomic E-state index is 12.2. The van der Waals surface area contributed by atoms with Crippen molar-refractivity contribution < 1.29 is 19.1 Å². The third-order valence-corrected chi connectivity index (χ3v) is 7.26. The van der Waals surface area contributed by atoms with Gasteiger partial charge in [0.25, 0.3) is 0 Å². The van der Waals surface area contributed by atoms with Crippen molar-refractivity contribution in [1.82, 2.24) is 0 Å². The molecule has 0 N–H and O–H groups in total. The quantitative estimate of drug-likeness (QED) is 0.150. The number of halogens is 1. The second-order valence-electron chi connectivity index (χ2n) is 9.00. The van der Waals surface area contributed by atoms with Crippen LogP contribution in [0, 0.1) is 0 Å². The Morgan fingerprint density at radius 3 is 1.54 bits per heavy atom. The van der Waals surface area contributed by atoms with Crippen molar-refractivity contribution in [2.45, 2.75) is 0 Å². The van der Waals surface area contributed by atoms with E-state index in [9.17, 15) is 9.59 Å². The minimum Gasteiger partial charge on any atom is -0.465 e. The van der Waals surface area contributed by atoms with E-state index in [4.69, 9.17) is 9.47 Å². The van der Waals surface area contributed by atoms with E-state index in [-0.39, 0.29) is 11.9 Å². The standard InChI is InChI=1S/C34H25BrO4/c1-38-33(36)28-7-3-5-25-15-11-22(19-30(25)28)9-10-24-14-18-27(32(35)21-24)17-13-23-12-16-26-6-4-8-29(31(26)20-23)34(37)39-2/h3-21H,1-2H3/b10-9-,17-13-. The number of hydrogen-bond donors (Lipinski definition) is 0. The molecule has 5 rings (SSSR count). The van der Waals surface area contributed by atoms with Gasteiger partial charge in [-0.1, -0.05) is 101 Å². The summed E-state index contributed by atoms with van der Waals surface area (Å²) in [4.78, 5) is 24.4. The van der Waals surface area contributed by atoms with Crippen LogP contribution in [-0.4, -0.2) is 26.2 Å². The van der Waals surface area contributed by atoms with Crippen LogP contribution in [0.25, 0.3) is 45.8 Å². The summed E-state index contributed by atoms with van der Waals surface area (Å²) in [5.74, 6) is -0.692. The van der Waals surface area contributed by atoms with Crippen molar-refractivity contribution in [1.29, 1.82) is 0 Å². The van der Waals surface area contributed by atoms with Gasteiger partial charge in [-0.2, -0.15) is 0 Å². The molecule has 0 amide bonds. The average Bonchev–Trinajstić information content (AvgIpc) is 2.97. The van der Waals surface area contributed by atoms with E-state index >= 15 is 0 Å². The van der Waals surface area contributed by atoms with Crippen molar-refractivity contribution in [2.24, 2.45) is 0 Å². The van der Waals surface area contributed by atoms with Crippen molar-refractivity contribution in [3.63, 3.8) is 0 Å². The van der Waals surface area contributed by atoms with Crippen molar-refractivity contribution in [2.75, 3.05) is 14.2 Å². The first-order valence-corrected chi connectivity index (χ1v) is 13.1. The molecule has 4 nitrogen and oxygen atoms in total. The number of esters is 2. The number of rotatable bonds is 6. The zero-order valence-corrected chi connectivity index (χ0v) is 23.1. The zero-order valence-electron chi connectivity index (χ0n) is 21.5. The van der Waals surface area contributed by atoms with Gasteiger partial charge < -0.3 is 9.47 Å². The molecule has 0 saturated heterocycles. The van der Waals surface area contributed by atoms with E-state index in [2.05, 4.69) is 34.1 Å². The fourth-order valence-electron chi connectivity index (χ4n) is 4.52. The Labute approximate surface area is 235 Å². The molecular weight excluding hydrogens is 552 g/mol. The lowest BCUT2D eigenvalue weighted by molar-refractivity contribution is 0.0594. The lowest BCUT2D eigenvalue weighted by Gasteiger charge is -2.06. The van der Waals surface area contributed by atoms with Crippen molar-refractivity contribution >= 4 is 73.7 Å². The van der Waals surface area contributed by atoms with Crippen LogP contribution in [0.3, 0.4) is 0 Å². The number of fused-ring (bicyclic) bond motifs is 2. The van der Waals surface area contributed by atoms with E-state index in [1.54, 1.807) is 12.1 Å². The third-order valence-electron chi connectivity index (χ3n) is 6.57. The van der Waals surface area contributed by atoms with Gasteiger partial charge in [-0.05, 0) is 74.1 Å². The van der Waals surface area contributed by atoms with Crippen LogP contribution in [-0.2, 0) is 9.47 Å². The smallest absolute Gasteiger partial charge is 0.338 e. The molecule has 0 aliphatic rings. The van der Waals surface area contributed by atoms with Crippen LogP contribution in [0.4, 0.5) is 0 Å². The molecule has 5 aromatic rings. The van der Waals surface area contributed by atoms with E-state index < -0.39 is 0 Å². The summed E-state index contributed by atoms with van der Waals surface area (Å²) in [5, 5.41) is 3.70. The van der Waals surface area contributed by atoms with Gasteiger partial charge in [-0.15, -0.1) is 0 Å². The van der Waals surface area contributed by atoms with Gasteiger partial charge in [-0.3, -0.25) is 0 Å². The fourth-order valence-corrected chi connectivity index (χ4v) is 5.05. The molecule has 0 saturated carbocycles. The highest BCUT2D eigenvalue weighted by Gasteiger charge is 2.11. The summed E-state index contributed by atoms with van der Waals surface area (Å²) in [6.45, 7) is 0. The second kappa shape index (κ2) is 11.5. The number of ether oxygens (including phenoxy) is 2. The van der Waals surface area contributed by atoms with Crippen molar-refractivity contribution in [3.8, 4) is 0 Å². The molecule has 0 unspecified atom stereocenters. The first-order valence-electron chi connectivity index (χ1n) is 12.3. The highest BCUT2D eigenvalue weighted by atomic mass is 79.9. The summed E-state index contributed by atoms with van der Waals surface area (Å²) < 4.78 is 10.8. The molecule has 0 aliphatic carbocycles. The lowest BCUT2D eigenvalue weighted by Crippen LogP contribution is -2.01. The van der Waals surface area contributed by atoms with Gasteiger partial charge in [-0.25, -0.2) is 9.59 Å². The Morgan fingerprint density at radius 1 is 0.590 bits per heavy atom. The van der Waals surface area contributed by atoms with Crippen LogP contribution < -0.4 is 0 Å². The van der Waals surface area contributed by atoms with E-state index in [1.807, 2.05) is 85.0 Å². The normalized spacial score (nSPS) is 11.5. The van der Waals surface area contributed by atoms with Gasteiger partial charge in [0.15, 0.2) is 0 Å². The highest BCUT2D eigenvalue weighted by Crippen LogP contribution is 2.26. The Kier molecular flexibility index (Phi) is 7.71. The van der Waals surface area contributed by atoms with E-state index in [1.165, 1.54) is 14.2 Å². The SMILES string of the molecule is COC(=O)c1cccc2ccc(/C=C\c3ccc(/C=C\c4ccc5cccc(C(=O)OC)c5c4)c(Br)c3)cc12. The number of hydrogen-bond acceptors (Lipinski definition) is 4. The summed E-state index contributed by atoms with van der Waals surface area (Å²) in [5.41, 5.74) is 5.14. The number of methoxy groups -OCH3 is 2. The minimum absolute atomic E-state index is 0.345. The van der Waals surface area contributed by atoms with Crippen LogP contribution in [0.15, 0.2) is 95.5 Å². The monoisotopic (exact) mass is 576 g/mol. The third kappa shape index (κ3) is 5.69. The van der Waals surface area contributed by atoms with Gasteiger partial charge in [0, 0.05) is 4.47 Å². The molecule has 5 heteroatoms. The van der Waals surface area contributed by atoms with Gasteiger partial charge in [0.2, 0.25) is 0 Å². The summed E-state index contributed by atoms with van der Waals surface area (Å²) >= 11 is 3.69. The average molecular weight is 577 g/mol. The number of benzene rings is 5. The zero-order chi connectivity index (χ0) is 27.4. The topological polar surface area (TPSA) is 52.6 Å². The molecule has 0 spiro atoms. The van der Waals surface area contributed by atoms with Crippen LogP contribution in [0.5, 0.6) is 0 Å². The molecule has 0 aliphatic heterocycles. The maximum atomic E-state index is 12.2. The molecule has 0 fully saturated rings. The minimum atomic E-state index is -0.347. The molecule has 0 radical (unpaired) electrons. The summed E-state index contributed by atoms with van der Waals surface area (Å²) in [7, 11) is 2.79. The summed E-state index contributed by atoms with van der Waals surface area (Å²) in [6, 6.07) is 29.5. The van der Waals surface area contributed by atoms with Crippen molar-refractivity contribution in [3.05, 3.63) is 129 Å². The molecular formula is C34H25BrO4. The van der Waals surface area contributed by atoms with Crippen LogP contribution in [0.2, 0.25) is 0 Å². The predicted molar refractivity (Wildman–Crippen MR) is 163 cm³/mol. The second-order valence-corrected chi connectivity index (χ2v) is 9.86. The molecule has 0 atom stereocenters. The Hall–Kier alpha value is -4.48. The van der Waals surface area contributed by atoms with Gasteiger partial charge in [0.05, 0.1) is 25.3 Å². The maximum Gasteiger partial charge on any atom is 0.338 e. The lowest BCUT2D eigenvalue weighted by atomic mass is 10.0. The molecule has 0 aromatic heterocycles.